The van der Waals surface area contributed by atoms with E-state index >= 15 is 0 Å². The van der Waals surface area contributed by atoms with Crippen LogP contribution in [0.3, 0.4) is 0 Å². The van der Waals surface area contributed by atoms with Gasteiger partial charge >= 0.3 is 0 Å². The first-order chi connectivity index (χ1) is 13.1. The fraction of sp³-hybridized carbons (Fsp3) is 0.619. The molecule has 2 rings (SSSR count). The minimum atomic E-state index is -0.736. The number of morpholine rings is 1. The third kappa shape index (κ3) is 7.31. The number of nitrogens with zero attached hydrogens (tertiary/aromatic N) is 1. The molecule has 2 N–H and O–H groups in total. The number of hydrogen-bond acceptors (Lipinski definition) is 4. The first-order valence-corrected chi connectivity index (χ1v) is 9.97. The van der Waals surface area contributed by atoms with E-state index in [-0.39, 0.29) is 5.91 Å². The summed E-state index contributed by atoms with van der Waals surface area (Å²) in [7, 11) is 0. The second-order valence-corrected chi connectivity index (χ2v) is 6.99. The standard InChI is InChI=1S/C21H32N2O4/c1-2-3-4-8-11-18(20(22)24)27-19(16-17-9-6-5-7-10-17)21(25)23-12-14-26-15-13-23/h5-7,9-10,18-19H,2-4,8,11-16H2,1H3,(H2,22,24)/t18?,19-/m0/s1. The molecule has 1 heterocycles. The van der Waals surface area contributed by atoms with E-state index in [0.717, 1.165) is 31.2 Å². The lowest BCUT2D eigenvalue weighted by molar-refractivity contribution is -0.155. The molecule has 2 atom stereocenters. The van der Waals surface area contributed by atoms with Crippen molar-refractivity contribution in [1.29, 1.82) is 0 Å². The Morgan fingerprint density at radius 1 is 1.11 bits per heavy atom. The molecule has 150 valence electrons. The smallest absolute Gasteiger partial charge is 0.252 e. The zero-order valence-electron chi connectivity index (χ0n) is 16.3. The molecule has 1 fully saturated rings. The maximum atomic E-state index is 13.0. The highest BCUT2D eigenvalue weighted by Crippen LogP contribution is 2.16. The number of amides is 2. The van der Waals surface area contributed by atoms with E-state index in [2.05, 4.69) is 6.92 Å². The first-order valence-electron chi connectivity index (χ1n) is 9.97. The predicted molar refractivity (Wildman–Crippen MR) is 104 cm³/mol. The second-order valence-electron chi connectivity index (χ2n) is 6.99. The number of primary amides is 1. The Hall–Kier alpha value is -1.92. The lowest BCUT2D eigenvalue weighted by Crippen LogP contribution is -2.49. The number of hydrogen-bond donors (Lipinski definition) is 1. The summed E-state index contributed by atoms with van der Waals surface area (Å²) in [5.41, 5.74) is 6.56. The van der Waals surface area contributed by atoms with E-state index in [4.69, 9.17) is 15.2 Å². The number of unbranched alkanes of at least 4 members (excludes halogenated alkanes) is 3. The quantitative estimate of drug-likeness (QED) is 0.601. The van der Waals surface area contributed by atoms with Crippen molar-refractivity contribution < 1.29 is 19.1 Å². The van der Waals surface area contributed by atoms with Gasteiger partial charge in [0.2, 0.25) is 5.91 Å². The van der Waals surface area contributed by atoms with E-state index < -0.39 is 18.1 Å². The van der Waals surface area contributed by atoms with Crippen molar-refractivity contribution in [3.8, 4) is 0 Å². The summed E-state index contributed by atoms with van der Waals surface area (Å²) >= 11 is 0. The molecule has 0 saturated carbocycles. The number of carbonyl (C=O) groups excluding carboxylic acids is 2. The van der Waals surface area contributed by atoms with Gasteiger partial charge in [0.1, 0.15) is 12.2 Å². The number of rotatable bonds is 11. The predicted octanol–water partition coefficient (Wildman–Crippen LogP) is 2.30. The third-order valence-corrected chi connectivity index (χ3v) is 4.83. The van der Waals surface area contributed by atoms with Gasteiger partial charge < -0.3 is 20.1 Å². The van der Waals surface area contributed by atoms with E-state index in [1.807, 2.05) is 30.3 Å². The summed E-state index contributed by atoms with van der Waals surface area (Å²) in [4.78, 5) is 26.7. The van der Waals surface area contributed by atoms with Crippen LogP contribution in [0.5, 0.6) is 0 Å². The fourth-order valence-electron chi connectivity index (χ4n) is 3.24. The third-order valence-electron chi connectivity index (χ3n) is 4.83. The first kappa shape index (κ1) is 21.4. The Morgan fingerprint density at radius 3 is 2.44 bits per heavy atom. The van der Waals surface area contributed by atoms with Crippen molar-refractivity contribution in [3.05, 3.63) is 35.9 Å². The lowest BCUT2D eigenvalue weighted by Gasteiger charge is -2.31. The molecular weight excluding hydrogens is 344 g/mol. The molecule has 1 aliphatic rings. The molecule has 1 aromatic rings. The van der Waals surface area contributed by atoms with Gasteiger partial charge in [0.25, 0.3) is 5.91 Å². The molecule has 0 radical (unpaired) electrons. The van der Waals surface area contributed by atoms with Crippen LogP contribution in [-0.4, -0.2) is 55.2 Å². The molecule has 0 aliphatic carbocycles. The van der Waals surface area contributed by atoms with Crippen LogP contribution in [0.2, 0.25) is 0 Å². The largest absolute Gasteiger partial charge is 0.378 e. The van der Waals surface area contributed by atoms with Crippen LogP contribution in [0.1, 0.15) is 44.6 Å². The molecular formula is C21H32N2O4. The van der Waals surface area contributed by atoms with Crippen molar-refractivity contribution >= 4 is 11.8 Å². The van der Waals surface area contributed by atoms with Gasteiger partial charge in [-0.3, -0.25) is 9.59 Å². The minimum Gasteiger partial charge on any atom is -0.378 e. The summed E-state index contributed by atoms with van der Waals surface area (Å²) in [5.74, 6) is -0.596. The molecule has 0 bridgehead atoms. The van der Waals surface area contributed by atoms with Crippen molar-refractivity contribution in [2.45, 2.75) is 57.7 Å². The molecule has 2 amide bonds. The Labute approximate surface area is 162 Å². The van der Waals surface area contributed by atoms with Gasteiger partial charge in [-0.05, 0) is 12.0 Å². The molecule has 27 heavy (non-hydrogen) atoms. The molecule has 1 aromatic carbocycles. The highest BCUT2D eigenvalue weighted by atomic mass is 16.5. The minimum absolute atomic E-state index is 0.0954. The van der Waals surface area contributed by atoms with Crippen LogP contribution in [-0.2, 0) is 25.5 Å². The van der Waals surface area contributed by atoms with Crippen LogP contribution >= 0.6 is 0 Å². The second kappa shape index (κ2) is 11.7. The van der Waals surface area contributed by atoms with Crippen LogP contribution in [0.15, 0.2) is 30.3 Å². The molecule has 6 nitrogen and oxygen atoms in total. The van der Waals surface area contributed by atoms with E-state index in [9.17, 15) is 9.59 Å². The van der Waals surface area contributed by atoms with Crippen LogP contribution in [0.4, 0.5) is 0 Å². The molecule has 1 saturated heterocycles. The Kier molecular flexibility index (Phi) is 9.28. The monoisotopic (exact) mass is 376 g/mol. The van der Waals surface area contributed by atoms with Gasteiger partial charge in [0.05, 0.1) is 13.2 Å². The topological polar surface area (TPSA) is 81.9 Å². The van der Waals surface area contributed by atoms with E-state index in [1.165, 1.54) is 0 Å². The summed E-state index contributed by atoms with van der Waals surface area (Å²) in [6.07, 6.45) is 3.66. The molecule has 1 aliphatic heterocycles. The highest BCUT2D eigenvalue weighted by molar-refractivity contribution is 5.83. The zero-order valence-corrected chi connectivity index (χ0v) is 16.3. The average Bonchev–Trinajstić information content (AvgIpc) is 2.70. The van der Waals surface area contributed by atoms with E-state index in [1.54, 1.807) is 4.90 Å². The van der Waals surface area contributed by atoms with Crippen LogP contribution in [0, 0.1) is 0 Å². The van der Waals surface area contributed by atoms with Gasteiger partial charge in [-0.2, -0.15) is 0 Å². The van der Waals surface area contributed by atoms with Crippen molar-refractivity contribution in [2.75, 3.05) is 26.3 Å². The SMILES string of the molecule is CCCCCCC(O[C@@H](Cc1ccccc1)C(=O)N1CCOCC1)C(N)=O. The number of carbonyl (C=O) groups is 2. The highest BCUT2D eigenvalue weighted by Gasteiger charge is 2.30. The summed E-state index contributed by atoms with van der Waals surface area (Å²) < 4.78 is 11.3. The van der Waals surface area contributed by atoms with Gasteiger partial charge in [-0.15, -0.1) is 0 Å². The van der Waals surface area contributed by atoms with Crippen LogP contribution < -0.4 is 5.73 Å². The zero-order chi connectivity index (χ0) is 19.5. The van der Waals surface area contributed by atoms with Crippen LogP contribution in [0.25, 0.3) is 0 Å². The average molecular weight is 376 g/mol. The lowest BCUT2D eigenvalue weighted by atomic mass is 10.0. The van der Waals surface area contributed by atoms with E-state index in [0.29, 0.717) is 39.1 Å². The van der Waals surface area contributed by atoms with Gasteiger partial charge in [0, 0.05) is 19.5 Å². The van der Waals surface area contributed by atoms with Gasteiger partial charge in [0.15, 0.2) is 0 Å². The maximum Gasteiger partial charge on any atom is 0.252 e. The van der Waals surface area contributed by atoms with Crippen molar-refractivity contribution in [1.82, 2.24) is 4.90 Å². The van der Waals surface area contributed by atoms with Gasteiger partial charge in [-0.1, -0.05) is 62.9 Å². The summed E-state index contributed by atoms with van der Waals surface area (Å²) in [5, 5.41) is 0. The van der Waals surface area contributed by atoms with Gasteiger partial charge in [-0.25, -0.2) is 0 Å². The molecule has 0 aromatic heterocycles. The Bertz CT molecular complexity index is 573. The normalized spacial score (nSPS) is 16.7. The summed E-state index contributed by atoms with van der Waals surface area (Å²) in [6, 6.07) is 9.72. The molecule has 1 unspecified atom stereocenters. The number of benzene rings is 1. The number of ether oxygens (including phenoxy) is 2. The number of nitrogens with two attached hydrogens (primary N) is 1. The summed E-state index contributed by atoms with van der Waals surface area (Å²) in [6.45, 7) is 4.29. The fourth-order valence-corrected chi connectivity index (χ4v) is 3.24. The molecule has 0 spiro atoms. The Morgan fingerprint density at radius 2 is 1.81 bits per heavy atom. The Balaban J connectivity index is 2.06. The van der Waals surface area contributed by atoms with Crippen molar-refractivity contribution in [2.24, 2.45) is 5.73 Å². The maximum absolute atomic E-state index is 13.0. The molecule has 6 heteroatoms. The van der Waals surface area contributed by atoms with Crippen molar-refractivity contribution in [3.63, 3.8) is 0 Å².